The number of unbranched alkanes of at least 4 members (excludes halogenated alkanes) is 50. The van der Waals surface area contributed by atoms with Crippen LogP contribution in [0.25, 0.3) is 0 Å². The Morgan fingerprint density at radius 1 is 0.250 bits per heavy atom. The molecule has 0 aliphatic heterocycles. The van der Waals surface area contributed by atoms with Crippen LogP contribution in [0, 0.1) is 0 Å². The predicted molar refractivity (Wildman–Crippen MR) is 349 cm³/mol. The fourth-order valence-corrected chi connectivity index (χ4v) is 11.0. The standard InChI is InChI=1S/C74H138O6/c1-4-7-10-13-16-19-22-24-26-28-30-32-34-36-37-39-40-42-44-46-48-50-52-55-58-61-64-67-73(76)79-70-71(69-78-72(75)66-63-60-57-54-21-18-15-12-9-6-3)80-74(77)68-65-62-59-56-53-51-49-47-45-43-41-38-35-33-31-29-27-25-23-20-17-14-11-8-5-2/h23,25,29,31,35,38,71H,4-22,24,26-28,30,32-34,36-37,39-70H2,1-3H3/b25-23-,31-29-,38-35-. The third-order valence-corrected chi connectivity index (χ3v) is 16.4. The first-order valence-corrected chi connectivity index (χ1v) is 36.0. The van der Waals surface area contributed by atoms with Crippen LogP contribution in [0.3, 0.4) is 0 Å². The summed E-state index contributed by atoms with van der Waals surface area (Å²) in [5, 5.41) is 0. The summed E-state index contributed by atoms with van der Waals surface area (Å²) in [6.07, 6.45) is 86.2. The molecule has 0 saturated heterocycles. The highest BCUT2D eigenvalue weighted by molar-refractivity contribution is 5.71. The molecule has 80 heavy (non-hydrogen) atoms. The number of hydrogen-bond donors (Lipinski definition) is 0. The van der Waals surface area contributed by atoms with Crippen molar-refractivity contribution >= 4 is 17.9 Å². The molecule has 0 fully saturated rings. The summed E-state index contributed by atoms with van der Waals surface area (Å²) in [6.45, 7) is 6.69. The average molecular weight is 1120 g/mol. The van der Waals surface area contributed by atoms with Gasteiger partial charge in [0.1, 0.15) is 13.2 Å². The number of esters is 3. The Balaban J connectivity index is 4.14. The highest BCUT2D eigenvalue weighted by Crippen LogP contribution is 2.19. The summed E-state index contributed by atoms with van der Waals surface area (Å²) in [5.74, 6) is -0.845. The molecule has 0 rings (SSSR count). The quantitative estimate of drug-likeness (QED) is 0.0261. The van der Waals surface area contributed by atoms with Crippen LogP contribution in [-0.2, 0) is 28.6 Å². The molecule has 1 unspecified atom stereocenters. The van der Waals surface area contributed by atoms with Gasteiger partial charge in [-0.2, -0.15) is 0 Å². The zero-order valence-corrected chi connectivity index (χ0v) is 54.1. The van der Waals surface area contributed by atoms with E-state index < -0.39 is 6.10 Å². The highest BCUT2D eigenvalue weighted by atomic mass is 16.6. The van der Waals surface area contributed by atoms with Gasteiger partial charge in [-0.1, -0.05) is 359 Å². The van der Waals surface area contributed by atoms with Crippen LogP contribution in [0.15, 0.2) is 36.5 Å². The minimum atomic E-state index is -0.771. The molecule has 0 aliphatic carbocycles. The Morgan fingerprint density at radius 2 is 0.450 bits per heavy atom. The Bertz CT molecular complexity index is 1340. The second-order valence-electron chi connectivity index (χ2n) is 24.5. The van der Waals surface area contributed by atoms with Crippen LogP contribution in [0.5, 0.6) is 0 Å². The van der Waals surface area contributed by atoms with E-state index in [1.165, 1.54) is 289 Å². The van der Waals surface area contributed by atoms with Gasteiger partial charge in [-0.15, -0.1) is 0 Å². The van der Waals surface area contributed by atoms with Gasteiger partial charge in [-0.25, -0.2) is 0 Å². The zero-order chi connectivity index (χ0) is 57.8. The van der Waals surface area contributed by atoms with Crippen LogP contribution in [0.1, 0.15) is 400 Å². The topological polar surface area (TPSA) is 78.9 Å². The van der Waals surface area contributed by atoms with Crippen LogP contribution in [0.2, 0.25) is 0 Å². The van der Waals surface area contributed by atoms with E-state index in [-0.39, 0.29) is 31.1 Å². The minimum absolute atomic E-state index is 0.0679. The molecule has 0 aliphatic rings. The molecule has 0 aromatic heterocycles. The first kappa shape index (κ1) is 77.6. The largest absolute Gasteiger partial charge is 0.462 e. The van der Waals surface area contributed by atoms with E-state index in [0.29, 0.717) is 19.3 Å². The number of carbonyl (C=O) groups excluding carboxylic acids is 3. The smallest absolute Gasteiger partial charge is 0.306 e. The molecule has 1 atom stereocenters. The van der Waals surface area contributed by atoms with Gasteiger partial charge in [0.15, 0.2) is 6.10 Å². The summed E-state index contributed by atoms with van der Waals surface area (Å²) >= 11 is 0. The molecule has 0 saturated carbocycles. The van der Waals surface area contributed by atoms with Crippen LogP contribution in [-0.4, -0.2) is 37.2 Å². The van der Waals surface area contributed by atoms with E-state index >= 15 is 0 Å². The summed E-state index contributed by atoms with van der Waals surface area (Å²) in [5.41, 5.74) is 0. The third kappa shape index (κ3) is 66.4. The highest BCUT2D eigenvalue weighted by Gasteiger charge is 2.19. The van der Waals surface area contributed by atoms with Gasteiger partial charge in [0.2, 0.25) is 0 Å². The fourth-order valence-electron chi connectivity index (χ4n) is 11.0. The van der Waals surface area contributed by atoms with Crippen molar-refractivity contribution < 1.29 is 28.6 Å². The molecule has 0 spiro atoms. The van der Waals surface area contributed by atoms with E-state index in [1.807, 2.05) is 0 Å². The van der Waals surface area contributed by atoms with Gasteiger partial charge in [-0.05, 0) is 57.8 Å². The molecule has 0 aromatic rings. The lowest BCUT2D eigenvalue weighted by Gasteiger charge is -2.18. The van der Waals surface area contributed by atoms with Crippen molar-refractivity contribution in [2.24, 2.45) is 0 Å². The van der Waals surface area contributed by atoms with Crippen molar-refractivity contribution in [1.82, 2.24) is 0 Å². The molecule has 470 valence electrons. The van der Waals surface area contributed by atoms with Crippen molar-refractivity contribution in [3.8, 4) is 0 Å². The monoisotopic (exact) mass is 1120 g/mol. The van der Waals surface area contributed by atoms with E-state index in [1.54, 1.807) is 0 Å². The van der Waals surface area contributed by atoms with Gasteiger partial charge in [0, 0.05) is 19.3 Å². The number of hydrogen-bond acceptors (Lipinski definition) is 6. The molecule has 0 amide bonds. The normalized spacial score (nSPS) is 12.2. The Morgan fingerprint density at radius 3 is 0.700 bits per heavy atom. The van der Waals surface area contributed by atoms with Crippen molar-refractivity contribution in [3.05, 3.63) is 36.5 Å². The lowest BCUT2D eigenvalue weighted by Crippen LogP contribution is -2.30. The number of allylic oxidation sites excluding steroid dienone is 6. The van der Waals surface area contributed by atoms with Crippen molar-refractivity contribution in [1.29, 1.82) is 0 Å². The molecule has 0 radical (unpaired) electrons. The molecule has 6 heteroatoms. The van der Waals surface area contributed by atoms with Gasteiger partial charge < -0.3 is 14.2 Å². The number of rotatable bonds is 67. The van der Waals surface area contributed by atoms with Crippen LogP contribution < -0.4 is 0 Å². The number of carbonyl (C=O) groups is 3. The maximum absolute atomic E-state index is 12.9. The summed E-state index contributed by atoms with van der Waals surface area (Å²) < 4.78 is 17.0. The molecular weight excluding hydrogens is 985 g/mol. The molecule has 0 bridgehead atoms. The second kappa shape index (κ2) is 69.1. The fraction of sp³-hybridized carbons (Fsp3) is 0.878. The van der Waals surface area contributed by atoms with Crippen LogP contribution in [0.4, 0.5) is 0 Å². The third-order valence-electron chi connectivity index (χ3n) is 16.4. The minimum Gasteiger partial charge on any atom is -0.462 e. The SMILES string of the molecule is CCCCCCC/C=C\C/C=C\C/C=C\CCCCCCCCCCCCC(=O)OC(COC(=O)CCCCCCCCCCCC)COC(=O)CCCCCCCCCCCCCCCCCCCCCCCCCCCCC. The predicted octanol–water partition coefficient (Wildman–Crippen LogP) is 24.7. The molecular formula is C74H138O6. The average Bonchev–Trinajstić information content (AvgIpc) is 3.46. The maximum Gasteiger partial charge on any atom is 0.306 e. The van der Waals surface area contributed by atoms with Gasteiger partial charge in [0.05, 0.1) is 0 Å². The van der Waals surface area contributed by atoms with E-state index in [4.69, 9.17) is 14.2 Å². The first-order valence-electron chi connectivity index (χ1n) is 36.0. The Labute approximate surface area is 499 Å². The summed E-state index contributed by atoms with van der Waals surface area (Å²) in [6, 6.07) is 0. The van der Waals surface area contributed by atoms with Crippen molar-refractivity contribution in [2.75, 3.05) is 13.2 Å². The van der Waals surface area contributed by atoms with E-state index in [0.717, 1.165) is 70.6 Å². The Hall–Kier alpha value is -2.37. The van der Waals surface area contributed by atoms with E-state index in [9.17, 15) is 14.4 Å². The number of ether oxygens (including phenoxy) is 3. The summed E-state index contributed by atoms with van der Waals surface area (Å²) in [7, 11) is 0. The van der Waals surface area contributed by atoms with E-state index in [2.05, 4.69) is 57.2 Å². The summed E-state index contributed by atoms with van der Waals surface area (Å²) in [4.78, 5) is 38.3. The molecule has 6 nitrogen and oxygen atoms in total. The molecule has 0 heterocycles. The van der Waals surface area contributed by atoms with Gasteiger partial charge in [0.25, 0.3) is 0 Å². The molecule has 0 aromatic carbocycles. The van der Waals surface area contributed by atoms with Crippen LogP contribution >= 0.6 is 0 Å². The Kier molecular flexibility index (Phi) is 67.1. The second-order valence-corrected chi connectivity index (χ2v) is 24.5. The van der Waals surface area contributed by atoms with Gasteiger partial charge in [-0.3, -0.25) is 14.4 Å². The lowest BCUT2D eigenvalue weighted by molar-refractivity contribution is -0.167. The first-order chi connectivity index (χ1) is 39.5. The van der Waals surface area contributed by atoms with Crippen molar-refractivity contribution in [3.63, 3.8) is 0 Å². The zero-order valence-electron chi connectivity index (χ0n) is 54.1. The van der Waals surface area contributed by atoms with Crippen molar-refractivity contribution in [2.45, 2.75) is 406 Å². The lowest BCUT2D eigenvalue weighted by atomic mass is 10.0. The maximum atomic E-state index is 12.9. The molecule has 0 N–H and O–H groups in total. The van der Waals surface area contributed by atoms with Gasteiger partial charge >= 0.3 is 17.9 Å².